The van der Waals surface area contributed by atoms with Gasteiger partial charge in [0.25, 0.3) is 0 Å². The summed E-state index contributed by atoms with van der Waals surface area (Å²) in [5.74, 6) is 0.987. The number of nitrogen functional groups attached to an aromatic ring is 1. The molecule has 1 aromatic rings. The van der Waals surface area contributed by atoms with Crippen molar-refractivity contribution in [2.75, 3.05) is 49.3 Å². The van der Waals surface area contributed by atoms with Crippen LogP contribution in [0.2, 0.25) is 0 Å². The molecule has 2 aliphatic rings. The van der Waals surface area contributed by atoms with E-state index in [4.69, 9.17) is 5.73 Å². The van der Waals surface area contributed by atoms with Crippen LogP contribution in [0.25, 0.3) is 0 Å². The lowest BCUT2D eigenvalue weighted by Crippen LogP contribution is -2.60. The predicted octanol–water partition coefficient (Wildman–Crippen LogP) is 0.00340. The van der Waals surface area contributed by atoms with Crippen LogP contribution >= 0.6 is 11.8 Å². The number of fused-ring (bicyclic) bond motifs is 1. The van der Waals surface area contributed by atoms with Crippen molar-refractivity contribution in [3.8, 4) is 0 Å². The van der Waals surface area contributed by atoms with Crippen LogP contribution in [0.1, 0.15) is 12.8 Å². The highest BCUT2D eigenvalue weighted by Crippen LogP contribution is 2.37. The van der Waals surface area contributed by atoms with Crippen molar-refractivity contribution in [2.24, 2.45) is 5.92 Å². The van der Waals surface area contributed by atoms with Gasteiger partial charge in [0, 0.05) is 38.2 Å². The third kappa shape index (κ3) is 3.46. The minimum atomic E-state index is -3.25. The maximum atomic E-state index is 11.8. The Kier molecular flexibility index (Phi) is 4.67. The van der Waals surface area contributed by atoms with Crippen LogP contribution in [0.4, 0.5) is 11.6 Å². The van der Waals surface area contributed by atoms with E-state index in [1.165, 1.54) is 22.3 Å². The number of aromatic nitrogens is 2. The Morgan fingerprint density at radius 1 is 1.33 bits per heavy atom. The summed E-state index contributed by atoms with van der Waals surface area (Å²) in [5, 5.41) is 11.5. The van der Waals surface area contributed by atoms with Crippen LogP contribution in [0.5, 0.6) is 0 Å². The lowest BCUT2D eigenvalue weighted by molar-refractivity contribution is -0.0688. The van der Waals surface area contributed by atoms with E-state index in [9.17, 15) is 13.5 Å². The number of anilines is 2. The first-order valence-electron chi connectivity index (χ1n) is 7.82. The molecule has 24 heavy (non-hydrogen) atoms. The van der Waals surface area contributed by atoms with Crippen molar-refractivity contribution in [1.82, 2.24) is 14.3 Å². The largest absolute Gasteiger partial charge is 0.389 e. The summed E-state index contributed by atoms with van der Waals surface area (Å²) >= 11 is 1.42. The van der Waals surface area contributed by atoms with Crippen molar-refractivity contribution >= 4 is 33.4 Å². The van der Waals surface area contributed by atoms with Gasteiger partial charge >= 0.3 is 0 Å². The van der Waals surface area contributed by atoms with Gasteiger partial charge in [0.2, 0.25) is 10.0 Å². The van der Waals surface area contributed by atoms with E-state index in [0.717, 1.165) is 5.82 Å². The van der Waals surface area contributed by atoms with Crippen molar-refractivity contribution in [2.45, 2.75) is 23.6 Å². The predicted molar refractivity (Wildman–Crippen MR) is 94.5 cm³/mol. The molecule has 0 bridgehead atoms. The zero-order valence-electron chi connectivity index (χ0n) is 13.8. The maximum absolute atomic E-state index is 11.8. The maximum Gasteiger partial charge on any atom is 0.211 e. The van der Waals surface area contributed by atoms with Crippen molar-refractivity contribution < 1.29 is 13.5 Å². The first kappa shape index (κ1) is 17.7. The normalized spacial score (nSPS) is 28.6. The van der Waals surface area contributed by atoms with Gasteiger partial charge in [0.15, 0.2) is 5.16 Å². The number of hydrogen-bond acceptors (Lipinski definition) is 8. The molecule has 3 rings (SSSR count). The Balaban J connectivity index is 1.82. The van der Waals surface area contributed by atoms with Gasteiger partial charge in [0.1, 0.15) is 11.6 Å². The smallest absolute Gasteiger partial charge is 0.211 e. The quantitative estimate of drug-likeness (QED) is 0.562. The summed E-state index contributed by atoms with van der Waals surface area (Å²) in [6.07, 6.45) is 4.17. The monoisotopic (exact) mass is 373 g/mol. The van der Waals surface area contributed by atoms with Gasteiger partial charge in [0.05, 0.1) is 11.9 Å². The van der Waals surface area contributed by atoms with Gasteiger partial charge in [-0.25, -0.2) is 22.7 Å². The second-order valence-electron chi connectivity index (χ2n) is 6.51. The van der Waals surface area contributed by atoms with E-state index in [1.807, 2.05) is 6.26 Å². The minimum Gasteiger partial charge on any atom is -0.389 e. The molecular weight excluding hydrogens is 350 g/mol. The fraction of sp³-hybridized carbons (Fsp3) is 0.714. The molecule has 0 aliphatic carbocycles. The number of hydrogen-bond donors (Lipinski definition) is 2. The van der Waals surface area contributed by atoms with Gasteiger partial charge in [-0.05, 0) is 19.1 Å². The first-order valence-corrected chi connectivity index (χ1v) is 10.9. The standard InChI is InChI=1S/C14H23N5O3S2/c1-23-13-16-11(15)7-12(17-13)18-5-3-14(20)4-6-19(24(2,21)22)9-10(14)8-18/h7,10,20H,3-6,8-9H2,1-2H3,(H2,15,16,17)/t10-,14-/m0/s1. The third-order valence-corrected chi connectivity index (χ3v) is 6.74. The molecule has 0 amide bonds. The second kappa shape index (κ2) is 6.32. The third-order valence-electron chi connectivity index (χ3n) is 4.92. The number of nitrogens with zero attached hydrogens (tertiary/aromatic N) is 4. The number of thioether (sulfide) groups is 1. The highest BCUT2D eigenvalue weighted by atomic mass is 32.2. The van der Waals surface area contributed by atoms with E-state index in [0.29, 0.717) is 50.0 Å². The lowest BCUT2D eigenvalue weighted by atomic mass is 9.76. The summed E-state index contributed by atoms with van der Waals surface area (Å²) in [4.78, 5) is 10.7. The summed E-state index contributed by atoms with van der Waals surface area (Å²) in [5.41, 5.74) is 5.04. The van der Waals surface area contributed by atoms with Crippen LogP contribution in [0.15, 0.2) is 11.2 Å². The molecule has 2 saturated heterocycles. The molecule has 0 radical (unpaired) electrons. The molecule has 2 atom stereocenters. The average molecular weight is 374 g/mol. The van der Waals surface area contributed by atoms with Crippen LogP contribution in [-0.2, 0) is 10.0 Å². The number of sulfonamides is 1. The highest BCUT2D eigenvalue weighted by molar-refractivity contribution is 7.98. The molecular formula is C14H23N5O3S2. The number of aliphatic hydroxyl groups is 1. The van der Waals surface area contributed by atoms with Crippen LogP contribution in [-0.4, -0.2) is 72.1 Å². The number of nitrogens with two attached hydrogens (primary N) is 1. The summed E-state index contributed by atoms with van der Waals surface area (Å²) < 4.78 is 25.1. The van der Waals surface area contributed by atoms with Gasteiger partial charge in [-0.2, -0.15) is 0 Å². The molecule has 10 heteroatoms. The van der Waals surface area contributed by atoms with Crippen molar-refractivity contribution in [3.63, 3.8) is 0 Å². The zero-order valence-corrected chi connectivity index (χ0v) is 15.5. The van der Waals surface area contributed by atoms with Crippen LogP contribution in [0.3, 0.4) is 0 Å². The lowest BCUT2D eigenvalue weighted by Gasteiger charge is -2.49. The van der Waals surface area contributed by atoms with E-state index < -0.39 is 15.6 Å². The van der Waals surface area contributed by atoms with E-state index >= 15 is 0 Å². The number of rotatable bonds is 3. The Bertz CT molecular complexity index is 729. The molecule has 1 aromatic heterocycles. The molecule has 0 spiro atoms. The zero-order chi connectivity index (χ0) is 17.5. The molecule has 3 N–H and O–H groups in total. The van der Waals surface area contributed by atoms with Crippen LogP contribution in [0, 0.1) is 5.92 Å². The topological polar surface area (TPSA) is 113 Å². The Labute approximate surface area is 146 Å². The average Bonchev–Trinajstić information content (AvgIpc) is 2.52. The molecule has 0 unspecified atom stereocenters. The van der Waals surface area contributed by atoms with Gasteiger partial charge in [-0.1, -0.05) is 11.8 Å². The second-order valence-corrected chi connectivity index (χ2v) is 9.26. The molecule has 0 aromatic carbocycles. The van der Waals surface area contributed by atoms with Gasteiger partial charge < -0.3 is 15.7 Å². The highest BCUT2D eigenvalue weighted by Gasteiger charge is 2.46. The Hall–Kier alpha value is -1.10. The molecule has 8 nitrogen and oxygen atoms in total. The van der Waals surface area contributed by atoms with Gasteiger partial charge in [-0.15, -0.1) is 0 Å². The molecule has 3 heterocycles. The molecule has 2 fully saturated rings. The van der Waals surface area contributed by atoms with E-state index in [2.05, 4.69) is 14.9 Å². The first-order chi connectivity index (χ1) is 11.2. The van der Waals surface area contributed by atoms with Gasteiger partial charge in [-0.3, -0.25) is 0 Å². The number of piperidine rings is 2. The van der Waals surface area contributed by atoms with Crippen molar-refractivity contribution in [3.05, 3.63) is 6.07 Å². The van der Waals surface area contributed by atoms with Crippen LogP contribution < -0.4 is 10.6 Å². The molecule has 134 valence electrons. The summed E-state index contributed by atoms with van der Waals surface area (Å²) in [7, 11) is -3.25. The van der Waals surface area contributed by atoms with E-state index in [1.54, 1.807) is 6.07 Å². The Morgan fingerprint density at radius 2 is 2.04 bits per heavy atom. The fourth-order valence-electron chi connectivity index (χ4n) is 3.46. The Morgan fingerprint density at radius 3 is 2.71 bits per heavy atom. The SMILES string of the molecule is CSc1nc(N)cc(N2CC[C@]3(O)CCN(S(C)(=O)=O)C[C@@H]3C2)n1. The summed E-state index contributed by atoms with van der Waals surface area (Å²) in [6.45, 7) is 1.92. The minimum absolute atomic E-state index is 0.149. The fourth-order valence-corrected chi connectivity index (χ4v) is 4.72. The summed E-state index contributed by atoms with van der Waals surface area (Å²) in [6, 6.07) is 1.72. The van der Waals surface area contributed by atoms with Crippen molar-refractivity contribution in [1.29, 1.82) is 0 Å². The van der Waals surface area contributed by atoms with E-state index in [-0.39, 0.29) is 5.92 Å². The molecule has 2 aliphatic heterocycles. The molecule has 0 saturated carbocycles.